The molecule has 1 aromatic heterocycles. The van der Waals surface area contributed by atoms with E-state index in [2.05, 4.69) is 52.5 Å². The van der Waals surface area contributed by atoms with Crippen molar-refractivity contribution in [2.24, 2.45) is 5.92 Å². The number of imidazole rings is 1. The minimum absolute atomic E-state index is 0.350. The van der Waals surface area contributed by atoms with E-state index in [4.69, 9.17) is 9.72 Å². The first-order valence-corrected chi connectivity index (χ1v) is 9.25. The van der Waals surface area contributed by atoms with Gasteiger partial charge in [0.25, 0.3) is 0 Å². The highest BCUT2D eigenvalue weighted by Gasteiger charge is 2.29. The molecule has 0 N–H and O–H groups in total. The number of fused-ring (bicyclic) bond motifs is 3. The quantitative estimate of drug-likeness (QED) is 0.843. The molecule has 0 radical (unpaired) electrons. The molecule has 1 saturated heterocycles. The van der Waals surface area contributed by atoms with Crippen LogP contribution in [0.2, 0.25) is 0 Å². The molecule has 1 atom stereocenters. The zero-order valence-corrected chi connectivity index (χ0v) is 14.8. The first-order valence-electron chi connectivity index (χ1n) is 9.25. The topological polar surface area (TPSA) is 33.5 Å². The van der Waals surface area contributed by atoms with Crippen molar-refractivity contribution in [3.63, 3.8) is 0 Å². The first-order chi connectivity index (χ1) is 11.7. The van der Waals surface area contributed by atoms with Gasteiger partial charge in [0.1, 0.15) is 0 Å². The maximum absolute atomic E-state index is 5.88. The Bertz CT molecular complexity index is 690. The van der Waals surface area contributed by atoms with Crippen molar-refractivity contribution in [1.82, 2.24) is 14.5 Å². The lowest BCUT2D eigenvalue weighted by molar-refractivity contribution is 0.106. The van der Waals surface area contributed by atoms with E-state index in [9.17, 15) is 0 Å². The summed E-state index contributed by atoms with van der Waals surface area (Å²) in [5.41, 5.74) is 2.33. The molecule has 1 aromatic carbocycles. The first kappa shape index (κ1) is 15.9. The average Bonchev–Trinajstić information content (AvgIpc) is 3.20. The Balaban J connectivity index is 1.62. The van der Waals surface area contributed by atoms with Crippen LogP contribution in [0.25, 0.3) is 11.0 Å². The van der Waals surface area contributed by atoms with Crippen molar-refractivity contribution in [2.75, 3.05) is 31.3 Å². The molecule has 1 fully saturated rings. The van der Waals surface area contributed by atoms with Gasteiger partial charge in [-0.05, 0) is 37.3 Å². The maximum atomic E-state index is 5.88. The highest BCUT2D eigenvalue weighted by molar-refractivity contribution is 5.79. The van der Waals surface area contributed by atoms with E-state index in [1.165, 1.54) is 24.8 Å². The summed E-state index contributed by atoms with van der Waals surface area (Å²) in [5.74, 6) is 1.84. The van der Waals surface area contributed by atoms with Gasteiger partial charge in [-0.3, -0.25) is 9.47 Å². The standard InChI is InChI=1S/C19H28N4O/c1-15(2)9-10-21-13-22(12-16-6-5-11-24-16)19-20-17-7-3-4-8-18(17)23(19)14-21/h3-4,7-8,15-16H,5-6,9-14H2,1-2H3. The zero-order chi connectivity index (χ0) is 16.5. The van der Waals surface area contributed by atoms with E-state index in [0.717, 1.165) is 50.4 Å². The Morgan fingerprint density at radius 1 is 1.25 bits per heavy atom. The van der Waals surface area contributed by atoms with Crippen LogP contribution in [0.1, 0.15) is 33.1 Å². The van der Waals surface area contributed by atoms with Gasteiger partial charge in [-0.15, -0.1) is 0 Å². The highest BCUT2D eigenvalue weighted by Crippen LogP contribution is 2.28. The minimum atomic E-state index is 0.350. The van der Waals surface area contributed by atoms with Crippen LogP contribution in [0.5, 0.6) is 0 Å². The average molecular weight is 328 g/mol. The highest BCUT2D eigenvalue weighted by atomic mass is 16.5. The van der Waals surface area contributed by atoms with Crippen LogP contribution in [0.3, 0.4) is 0 Å². The summed E-state index contributed by atoms with van der Waals surface area (Å²) in [6, 6.07) is 8.47. The molecular formula is C19H28N4O. The third-order valence-corrected chi connectivity index (χ3v) is 5.10. The second-order valence-corrected chi connectivity index (χ2v) is 7.55. The normalized spacial score (nSPS) is 21.8. The zero-order valence-electron chi connectivity index (χ0n) is 14.8. The summed E-state index contributed by atoms with van der Waals surface area (Å²) in [5, 5.41) is 0. The molecular weight excluding hydrogens is 300 g/mol. The Kier molecular flexibility index (Phi) is 4.46. The number of para-hydroxylation sites is 2. The van der Waals surface area contributed by atoms with Crippen molar-refractivity contribution < 1.29 is 4.74 Å². The number of hydrogen-bond acceptors (Lipinski definition) is 4. The fourth-order valence-electron chi connectivity index (χ4n) is 3.75. The predicted octanol–water partition coefficient (Wildman–Crippen LogP) is 3.30. The van der Waals surface area contributed by atoms with Crippen molar-refractivity contribution in [3.05, 3.63) is 24.3 Å². The summed E-state index contributed by atoms with van der Waals surface area (Å²) < 4.78 is 8.25. The minimum Gasteiger partial charge on any atom is -0.376 e. The molecule has 5 heteroatoms. The molecule has 2 aliphatic heterocycles. The summed E-state index contributed by atoms with van der Waals surface area (Å²) in [7, 11) is 0. The van der Waals surface area contributed by atoms with Gasteiger partial charge in [0.2, 0.25) is 5.95 Å². The van der Waals surface area contributed by atoms with E-state index in [1.54, 1.807) is 0 Å². The van der Waals surface area contributed by atoms with Gasteiger partial charge in [-0.25, -0.2) is 4.98 Å². The summed E-state index contributed by atoms with van der Waals surface area (Å²) in [6.45, 7) is 9.47. The fraction of sp³-hybridized carbons (Fsp3) is 0.632. The Morgan fingerprint density at radius 2 is 2.12 bits per heavy atom. The van der Waals surface area contributed by atoms with Crippen LogP contribution < -0.4 is 4.90 Å². The molecule has 2 aliphatic rings. The van der Waals surface area contributed by atoms with E-state index < -0.39 is 0 Å². The number of benzene rings is 1. The number of ether oxygens (including phenoxy) is 1. The molecule has 0 bridgehead atoms. The lowest BCUT2D eigenvalue weighted by Crippen LogP contribution is -2.48. The van der Waals surface area contributed by atoms with E-state index >= 15 is 0 Å². The Morgan fingerprint density at radius 3 is 2.92 bits per heavy atom. The molecule has 0 amide bonds. The van der Waals surface area contributed by atoms with E-state index in [1.807, 2.05) is 0 Å². The van der Waals surface area contributed by atoms with E-state index in [-0.39, 0.29) is 0 Å². The summed E-state index contributed by atoms with van der Waals surface area (Å²) in [6.07, 6.45) is 3.94. The fourth-order valence-corrected chi connectivity index (χ4v) is 3.75. The van der Waals surface area contributed by atoms with Crippen molar-refractivity contribution in [2.45, 2.75) is 45.9 Å². The van der Waals surface area contributed by atoms with Gasteiger partial charge < -0.3 is 9.64 Å². The maximum Gasteiger partial charge on any atom is 0.208 e. The van der Waals surface area contributed by atoms with Crippen molar-refractivity contribution in [3.8, 4) is 0 Å². The van der Waals surface area contributed by atoms with Crippen LogP contribution in [-0.2, 0) is 11.4 Å². The molecule has 1 unspecified atom stereocenters. The Hall–Kier alpha value is -1.59. The van der Waals surface area contributed by atoms with Crippen LogP contribution in [0.15, 0.2) is 24.3 Å². The summed E-state index contributed by atoms with van der Waals surface area (Å²) in [4.78, 5) is 9.87. The Labute approximate surface area is 144 Å². The van der Waals surface area contributed by atoms with E-state index in [0.29, 0.717) is 6.10 Å². The number of aromatic nitrogens is 2. The molecule has 3 heterocycles. The molecule has 5 nitrogen and oxygen atoms in total. The third-order valence-electron chi connectivity index (χ3n) is 5.10. The second kappa shape index (κ2) is 6.73. The predicted molar refractivity (Wildman–Crippen MR) is 97.1 cm³/mol. The number of nitrogens with zero attached hydrogens (tertiary/aromatic N) is 4. The SMILES string of the molecule is CC(C)CCN1CN(CC2CCCO2)c2nc3ccccc3n2C1. The largest absolute Gasteiger partial charge is 0.376 e. The van der Waals surface area contributed by atoms with Crippen molar-refractivity contribution in [1.29, 1.82) is 0 Å². The lowest BCUT2D eigenvalue weighted by atomic mass is 10.1. The summed E-state index contributed by atoms with van der Waals surface area (Å²) >= 11 is 0. The molecule has 24 heavy (non-hydrogen) atoms. The molecule has 0 spiro atoms. The smallest absolute Gasteiger partial charge is 0.208 e. The van der Waals surface area contributed by atoms with Gasteiger partial charge in [-0.2, -0.15) is 0 Å². The molecule has 0 aliphatic carbocycles. The molecule has 4 rings (SSSR count). The number of rotatable bonds is 5. The van der Waals surface area contributed by atoms with Crippen LogP contribution in [-0.4, -0.2) is 46.9 Å². The van der Waals surface area contributed by atoms with Crippen LogP contribution in [0, 0.1) is 5.92 Å². The van der Waals surface area contributed by atoms with Gasteiger partial charge in [0.15, 0.2) is 0 Å². The molecule has 2 aromatic rings. The third kappa shape index (κ3) is 3.15. The number of hydrogen-bond donors (Lipinski definition) is 0. The van der Waals surface area contributed by atoms with Gasteiger partial charge in [0, 0.05) is 19.7 Å². The van der Waals surface area contributed by atoms with Crippen LogP contribution >= 0.6 is 0 Å². The van der Waals surface area contributed by atoms with Gasteiger partial charge in [0.05, 0.1) is 30.5 Å². The monoisotopic (exact) mass is 328 g/mol. The molecule has 0 saturated carbocycles. The molecule has 130 valence electrons. The van der Waals surface area contributed by atoms with Gasteiger partial charge >= 0.3 is 0 Å². The number of anilines is 1. The second-order valence-electron chi connectivity index (χ2n) is 7.55. The van der Waals surface area contributed by atoms with Crippen LogP contribution in [0.4, 0.5) is 5.95 Å². The lowest BCUT2D eigenvalue weighted by Gasteiger charge is -2.38. The van der Waals surface area contributed by atoms with Crippen molar-refractivity contribution >= 4 is 17.0 Å². The van der Waals surface area contributed by atoms with Gasteiger partial charge in [-0.1, -0.05) is 26.0 Å².